The van der Waals surface area contributed by atoms with Gasteiger partial charge in [-0.25, -0.2) is 8.78 Å². The van der Waals surface area contributed by atoms with Crippen molar-refractivity contribution in [2.24, 2.45) is 0 Å². The molecule has 2 aromatic rings. The van der Waals surface area contributed by atoms with Gasteiger partial charge in [0.2, 0.25) is 0 Å². The first-order valence-electron chi connectivity index (χ1n) is 6.47. The average molecular weight is 325 g/mol. The summed E-state index contributed by atoms with van der Waals surface area (Å²) in [4.78, 5) is 23.0. The Morgan fingerprint density at radius 3 is 2.55 bits per heavy atom. The first-order valence-corrected chi connectivity index (χ1v) is 7.41. The molecule has 1 amide bonds. The Kier molecular flexibility index (Phi) is 5.60. The summed E-state index contributed by atoms with van der Waals surface area (Å²) in [5.41, 5.74) is 0.460. The lowest BCUT2D eigenvalue weighted by Gasteiger charge is -2.08. The van der Waals surface area contributed by atoms with Gasteiger partial charge in [0.1, 0.15) is 17.3 Å². The van der Waals surface area contributed by atoms with Crippen LogP contribution < -0.4 is 5.32 Å². The molecule has 116 valence electrons. The molecule has 0 bridgehead atoms. The number of para-hydroxylation sites is 1. The summed E-state index contributed by atoms with van der Waals surface area (Å²) in [7, 11) is 0. The molecule has 4 nitrogen and oxygen atoms in total. The van der Waals surface area contributed by atoms with Crippen LogP contribution in [0.5, 0.6) is 0 Å². The zero-order chi connectivity index (χ0) is 15.9. The van der Waals surface area contributed by atoms with Crippen molar-refractivity contribution in [3.63, 3.8) is 0 Å². The van der Waals surface area contributed by atoms with Crippen LogP contribution in [0.3, 0.4) is 0 Å². The topological polar surface area (TPSA) is 55.4 Å². The van der Waals surface area contributed by atoms with Crippen molar-refractivity contribution in [3.8, 4) is 0 Å². The Hall–Kier alpha value is -2.28. The molecule has 1 aromatic heterocycles. The van der Waals surface area contributed by atoms with Crippen molar-refractivity contribution in [2.45, 2.75) is 12.8 Å². The summed E-state index contributed by atoms with van der Waals surface area (Å²) in [5.74, 6) is -3.13. The van der Waals surface area contributed by atoms with Gasteiger partial charge in [-0.3, -0.25) is 9.59 Å². The molecule has 0 fully saturated rings. The van der Waals surface area contributed by atoms with E-state index in [1.54, 1.807) is 0 Å². The maximum atomic E-state index is 13.3. The van der Waals surface area contributed by atoms with Crippen LogP contribution in [-0.2, 0) is 20.7 Å². The number of halogens is 2. The maximum absolute atomic E-state index is 13.3. The molecule has 1 aromatic carbocycles. The van der Waals surface area contributed by atoms with E-state index in [2.05, 4.69) is 0 Å². The highest BCUT2D eigenvalue weighted by atomic mass is 32.1. The average Bonchev–Trinajstić information content (AvgIpc) is 3.00. The van der Waals surface area contributed by atoms with E-state index in [1.807, 2.05) is 22.1 Å². The first kappa shape index (κ1) is 16.1. The van der Waals surface area contributed by atoms with Crippen LogP contribution in [0.2, 0.25) is 0 Å². The fraction of sp³-hybridized carbons (Fsp3) is 0.200. The van der Waals surface area contributed by atoms with Crippen molar-refractivity contribution in [3.05, 3.63) is 52.2 Å². The lowest BCUT2D eigenvalue weighted by molar-refractivity contribution is -0.147. The number of ether oxygens (including phenoxy) is 1. The minimum atomic E-state index is -0.892. The maximum Gasteiger partial charge on any atom is 0.306 e. The molecule has 0 spiro atoms. The van der Waals surface area contributed by atoms with E-state index in [-0.39, 0.29) is 6.42 Å². The van der Waals surface area contributed by atoms with E-state index in [9.17, 15) is 18.4 Å². The number of hydrogen-bond donors (Lipinski definition) is 1. The fourth-order valence-electron chi connectivity index (χ4n) is 1.69. The smallest absolute Gasteiger partial charge is 0.306 e. The standard InChI is InChI=1S/C15H13F2NO3S/c16-11-2-1-3-12(17)15(11)18-13(19)8-21-14(20)5-4-10-6-7-22-9-10/h1-3,6-7,9H,4-5,8H2,(H,18,19). The highest BCUT2D eigenvalue weighted by molar-refractivity contribution is 7.07. The van der Waals surface area contributed by atoms with Gasteiger partial charge in [-0.05, 0) is 40.9 Å². The third-order valence-electron chi connectivity index (χ3n) is 2.79. The SMILES string of the molecule is O=C(COC(=O)CCc1ccsc1)Nc1c(F)cccc1F. The van der Waals surface area contributed by atoms with E-state index < -0.39 is 35.8 Å². The van der Waals surface area contributed by atoms with Crippen molar-refractivity contribution in [2.75, 3.05) is 11.9 Å². The van der Waals surface area contributed by atoms with Gasteiger partial charge in [0.25, 0.3) is 5.91 Å². The van der Waals surface area contributed by atoms with Gasteiger partial charge in [0.05, 0.1) is 0 Å². The Balaban J connectivity index is 1.76. The number of anilines is 1. The van der Waals surface area contributed by atoms with E-state index in [4.69, 9.17) is 4.74 Å². The number of carbonyl (C=O) groups is 2. The number of hydrogen-bond acceptors (Lipinski definition) is 4. The third kappa shape index (κ3) is 4.63. The molecule has 0 saturated carbocycles. The number of esters is 1. The van der Waals surface area contributed by atoms with Crippen LogP contribution in [-0.4, -0.2) is 18.5 Å². The van der Waals surface area contributed by atoms with Crippen LogP contribution >= 0.6 is 11.3 Å². The zero-order valence-corrected chi connectivity index (χ0v) is 12.3. The number of aryl methyl sites for hydroxylation is 1. The quantitative estimate of drug-likeness (QED) is 0.830. The normalized spacial score (nSPS) is 10.3. The van der Waals surface area contributed by atoms with Gasteiger partial charge in [-0.2, -0.15) is 11.3 Å². The Labute approximate surface area is 129 Å². The highest BCUT2D eigenvalue weighted by Crippen LogP contribution is 2.17. The second kappa shape index (κ2) is 7.65. The summed E-state index contributed by atoms with van der Waals surface area (Å²) >= 11 is 1.53. The summed E-state index contributed by atoms with van der Waals surface area (Å²) in [6, 6.07) is 5.12. The minimum Gasteiger partial charge on any atom is -0.456 e. The zero-order valence-electron chi connectivity index (χ0n) is 11.5. The van der Waals surface area contributed by atoms with Crippen LogP contribution in [0.4, 0.5) is 14.5 Å². The second-order valence-corrected chi connectivity index (χ2v) is 5.22. The molecular formula is C15H13F2NO3S. The number of amides is 1. The molecule has 2 rings (SSSR count). The van der Waals surface area contributed by atoms with Crippen LogP contribution in [0.1, 0.15) is 12.0 Å². The largest absolute Gasteiger partial charge is 0.456 e. The predicted molar refractivity (Wildman–Crippen MR) is 78.6 cm³/mol. The van der Waals surface area contributed by atoms with Gasteiger partial charge < -0.3 is 10.1 Å². The molecule has 7 heteroatoms. The van der Waals surface area contributed by atoms with Crippen molar-refractivity contribution < 1.29 is 23.1 Å². The van der Waals surface area contributed by atoms with E-state index in [0.29, 0.717) is 6.42 Å². The van der Waals surface area contributed by atoms with E-state index in [1.165, 1.54) is 17.4 Å². The molecule has 0 unspecified atom stereocenters. The Morgan fingerprint density at radius 2 is 1.91 bits per heavy atom. The predicted octanol–water partition coefficient (Wildman–Crippen LogP) is 3.14. The van der Waals surface area contributed by atoms with Crippen LogP contribution in [0, 0.1) is 11.6 Å². The van der Waals surface area contributed by atoms with Gasteiger partial charge in [0.15, 0.2) is 6.61 Å². The lowest BCUT2D eigenvalue weighted by atomic mass is 10.2. The van der Waals surface area contributed by atoms with Gasteiger partial charge in [-0.15, -0.1) is 0 Å². The van der Waals surface area contributed by atoms with E-state index in [0.717, 1.165) is 17.7 Å². The van der Waals surface area contributed by atoms with Crippen molar-refractivity contribution in [1.29, 1.82) is 0 Å². The van der Waals surface area contributed by atoms with Gasteiger partial charge >= 0.3 is 5.97 Å². The number of thiophene rings is 1. The van der Waals surface area contributed by atoms with Crippen molar-refractivity contribution in [1.82, 2.24) is 0 Å². The van der Waals surface area contributed by atoms with Crippen molar-refractivity contribution >= 4 is 28.9 Å². The molecule has 0 saturated heterocycles. The second-order valence-electron chi connectivity index (χ2n) is 4.44. The lowest BCUT2D eigenvalue weighted by Crippen LogP contribution is -2.22. The van der Waals surface area contributed by atoms with Gasteiger partial charge in [0, 0.05) is 6.42 Å². The molecule has 22 heavy (non-hydrogen) atoms. The monoisotopic (exact) mass is 325 g/mol. The van der Waals surface area contributed by atoms with Gasteiger partial charge in [-0.1, -0.05) is 6.07 Å². The number of nitrogens with one attached hydrogen (secondary N) is 1. The summed E-state index contributed by atoms with van der Waals surface area (Å²) in [6.07, 6.45) is 0.657. The highest BCUT2D eigenvalue weighted by Gasteiger charge is 2.13. The third-order valence-corrected chi connectivity index (χ3v) is 3.52. The molecule has 0 radical (unpaired) electrons. The minimum absolute atomic E-state index is 0.137. The number of carbonyl (C=O) groups excluding carboxylic acids is 2. The Bertz CT molecular complexity index is 639. The summed E-state index contributed by atoms with van der Waals surface area (Å²) in [6.45, 7) is -0.587. The van der Waals surface area contributed by atoms with Crippen LogP contribution in [0.25, 0.3) is 0 Å². The molecule has 0 aliphatic carbocycles. The van der Waals surface area contributed by atoms with E-state index >= 15 is 0 Å². The summed E-state index contributed by atoms with van der Waals surface area (Å²) < 4.78 is 31.4. The molecular weight excluding hydrogens is 312 g/mol. The Morgan fingerprint density at radius 1 is 1.18 bits per heavy atom. The first-order chi connectivity index (χ1) is 10.6. The molecule has 1 N–H and O–H groups in total. The number of rotatable bonds is 6. The molecule has 0 atom stereocenters. The summed E-state index contributed by atoms with van der Waals surface area (Å²) in [5, 5.41) is 5.86. The molecule has 0 aliphatic heterocycles. The molecule has 1 heterocycles. The van der Waals surface area contributed by atoms with Crippen LogP contribution in [0.15, 0.2) is 35.0 Å². The fourth-order valence-corrected chi connectivity index (χ4v) is 2.40. The number of benzene rings is 1. The molecule has 0 aliphatic rings.